The first-order valence-electron chi connectivity index (χ1n) is 3.68. The molecular weight excluding hydrogens is 212 g/mol. The lowest BCUT2D eigenvalue weighted by Crippen LogP contribution is -1.94. The summed E-state index contributed by atoms with van der Waals surface area (Å²) in [7, 11) is 1.49. The third-order valence-electron chi connectivity index (χ3n) is 1.58. The lowest BCUT2D eigenvalue weighted by atomic mass is 10.2. The van der Waals surface area contributed by atoms with Crippen LogP contribution in [0.4, 0.5) is 0 Å². The number of aliphatic hydroxyl groups excluding tert-OH is 1. The smallest absolute Gasteiger partial charge is 0.261 e. The molecule has 1 rings (SSSR count). The van der Waals surface area contributed by atoms with Crippen LogP contribution in [0.15, 0.2) is 29.2 Å². The summed E-state index contributed by atoms with van der Waals surface area (Å²) in [6.07, 6.45) is 0.431. The fraction of sp³-hybridized carbons (Fsp3) is 0.250. The highest BCUT2D eigenvalue weighted by atomic mass is 35.7. The van der Waals surface area contributed by atoms with Crippen molar-refractivity contribution in [1.29, 1.82) is 0 Å². The fourth-order valence-corrected chi connectivity index (χ4v) is 1.80. The van der Waals surface area contributed by atoms with E-state index in [9.17, 15) is 8.42 Å². The van der Waals surface area contributed by atoms with Crippen LogP contribution >= 0.6 is 10.7 Å². The highest BCUT2D eigenvalue weighted by molar-refractivity contribution is 8.13. The van der Waals surface area contributed by atoms with E-state index in [1.54, 1.807) is 12.1 Å². The predicted molar refractivity (Wildman–Crippen MR) is 50.3 cm³/mol. The topological polar surface area (TPSA) is 54.4 Å². The standard InChI is InChI=1S/C8H9ClO3S/c9-13(11,12)8-3-1-2-7(6-8)4-5-10/h1-3,6,10H,4-5H2. The van der Waals surface area contributed by atoms with Gasteiger partial charge in [-0.3, -0.25) is 0 Å². The van der Waals surface area contributed by atoms with Crippen LogP contribution in [-0.4, -0.2) is 20.1 Å². The second-order valence-corrected chi connectivity index (χ2v) is 5.12. The monoisotopic (exact) mass is 220 g/mol. The summed E-state index contributed by atoms with van der Waals surface area (Å²) in [5.41, 5.74) is 0.754. The van der Waals surface area contributed by atoms with Gasteiger partial charge in [0.2, 0.25) is 0 Å². The van der Waals surface area contributed by atoms with Crippen LogP contribution in [0.1, 0.15) is 5.56 Å². The molecule has 0 aliphatic carbocycles. The van der Waals surface area contributed by atoms with Gasteiger partial charge in [0.1, 0.15) is 0 Å². The molecule has 0 bridgehead atoms. The maximum atomic E-state index is 10.9. The summed E-state index contributed by atoms with van der Waals surface area (Å²) in [5, 5.41) is 8.63. The average Bonchev–Trinajstić information content (AvgIpc) is 2.04. The molecule has 13 heavy (non-hydrogen) atoms. The van der Waals surface area contributed by atoms with Crippen molar-refractivity contribution in [3.8, 4) is 0 Å². The Kier molecular flexibility index (Phi) is 3.30. The van der Waals surface area contributed by atoms with Crippen molar-refractivity contribution in [2.45, 2.75) is 11.3 Å². The van der Waals surface area contributed by atoms with E-state index in [0.717, 1.165) is 5.56 Å². The zero-order valence-corrected chi connectivity index (χ0v) is 8.35. The van der Waals surface area contributed by atoms with Crippen LogP contribution in [0.25, 0.3) is 0 Å². The van der Waals surface area contributed by atoms with Crippen LogP contribution < -0.4 is 0 Å². The average molecular weight is 221 g/mol. The lowest BCUT2D eigenvalue weighted by Gasteiger charge is -2.00. The van der Waals surface area contributed by atoms with Crippen LogP contribution in [0.3, 0.4) is 0 Å². The molecule has 0 radical (unpaired) electrons. The normalized spacial score (nSPS) is 11.5. The van der Waals surface area contributed by atoms with Crippen LogP contribution in [0.2, 0.25) is 0 Å². The first-order chi connectivity index (χ1) is 6.04. The molecule has 3 nitrogen and oxygen atoms in total. The lowest BCUT2D eigenvalue weighted by molar-refractivity contribution is 0.299. The predicted octanol–water partition coefficient (Wildman–Crippen LogP) is 1.15. The second-order valence-electron chi connectivity index (χ2n) is 2.56. The van der Waals surface area contributed by atoms with E-state index in [4.69, 9.17) is 15.8 Å². The number of hydrogen-bond donors (Lipinski definition) is 1. The molecule has 5 heteroatoms. The molecular formula is C8H9ClO3S. The van der Waals surface area contributed by atoms with Gasteiger partial charge in [0, 0.05) is 17.3 Å². The minimum absolute atomic E-state index is 0.00815. The Labute approximate surface area is 81.4 Å². The van der Waals surface area contributed by atoms with Gasteiger partial charge in [0.05, 0.1) is 4.90 Å². The van der Waals surface area contributed by atoms with Crippen molar-refractivity contribution < 1.29 is 13.5 Å². The van der Waals surface area contributed by atoms with Gasteiger partial charge in [-0.05, 0) is 24.1 Å². The number of halogens is 1. The molecule has 0 aromatic heterocycles. The minimum Gasteiger partial charge on any atom is -0.396 e. The van der Waals surface area contributed by atoms with Gasteiger partial charge in [-0.2, -0.15) is 0 Å². The Bertz CT molecular complexity index is 386. The SMILES string of the molecule is O=S(=O)(Cl)c1cccc(CCO)c1. The molecule has 1 aromatic carbocycles. The largest absolute Gasteiger partial charge is 0.396 e. The highest BCUT2D eigenvalue weighted by Crippen LogP contribution is 2.16. The van der Waals surface area contributed by atoms with E-state index < -0.39 is 9.05 Å². The van der Waals surface area contributed by atoms with Crippen molar-refractivity contribution >= 4 is 19.7 Å². The first-order valence-corrected chi connectivity index (χ1v) is 5.99. The molecule has 0 saturated carbocycles. The molecule has 0 spiro atoms. The minimum atomic E-state index is -3.65. The van der Waals surface area contributed by atoms with Gasteiger partial charge >= 0.3 is 0 Å². The third kappa shape index (κ3) is 2.99. The van der Waals surface area contributed by atoms with Gasteiger partial charge in [-0.25, -0.2) is 8.42 Å². The molecule has 1 N–H and O–H groups in total. The summed E-state index contributed by atoms with van der Waals surface area (Å²) >= 11 is 0. The summed E-state index contributed by atoms with van der Waals surface area (Å²) in [5.74, 6) is 0. The molecule has 0 amide bonds. The van der Waals surface area contributed by atoms with Gasteiger partial charge in [-0.1, -0.05) is 12.1 Å². The summed E-state index contributed by atoms with van der Waals surface area (Å²) < 4.78 is 21.8. The zero-order chi connectivity index (χ0) is 9.90. The van der Waals surface area contributed by atoms with Crippen LogP contribution in [-0.2, 0) is 15.5 Å². The Morgan fingerprint density at radius 3 is 2.62 bits per heavy atom. The molecule has 0 unspecified atom stereocenters. The number of rotatable bonds is 3. The second kappa shape index (κ2) is 4.09. The maximum absolute atomic E-state index is 10.9. The van der Waals surface area contributed by atoms with Gasteiger partial charge < -0.3 is 5.11 Å². The van der Waals surface area contributed by atoms with E-state index in [2.05, 4.69) is 0 Å². The Morgan fingerprint density at radius 1 is 1.38 bits per heavy atom. The van der Waals surface area contributed by atoms with Crippen molar-refractivity contribution in [2.24, 2.45) is 0 Å². The van der Waals surface area contributed by atoms with E-state index in [-0.39, 0.29) is 11.5 Å². The summed E-state index contributed by atoms with van der Waals surface area (Å²) in [6, 6.07) is 6.21. The van der Waals surface area contributed by atoms with Gasteiger partial charge in [-0.15, -0.1) is 0 Å². The van der Waals surface area contributed by atoms with E-state index in [1.807, 2.05) is 0 Å². The quantitative estimate of drug-likeness (QED) is 0.778. The molecule has 0 aliphatic rings. The Morgan fingerprint density at radius 2 is 2.08 bits per heavy atom. The molecule has 0 fully saturated rings. The highest BCUT2D eigenvalue weighted by Gasteiger charge is 2.09. The van der Waals surface area contributed by atoms with E-state index in [1.165, 1.54) is 12.1 Å². The Balaban J connectivity index is 3.06. The van der Waals surface area contributed by atoms with Crippen LogP contribution in [0.5, 0.6) is 0 Å². The van der Waals surface area contributed by atoms with Gasteiger partial charge in [0.15, 0.2) is 0 Å². The maximum Gasteiger partial charge on any atom is 0.261 e. The Hall–Kier alpha value is -0.580. The molecule has 0 atom stereocenters. The van der Waals surface area contributed by atoms with Crippen molar-refractivity contribution in [2.75, 3.05) is 6.61 Å². The van der Waals surface area contributed by atoms with E-state index in [0.29, 0.717) is 6.42 Å². The zero-order valence-electron chi connectivity index (χ0n) is 6.77. The number of aliphatic hydroxyl groups is 1. The van der Waals surface area contributed by atoms with Crippen molar-refractivity contribution in [1.82, 2.24) is 0 Å². The third-order valence-corrected chi connectivity index (χ3v) is 2.93. The molecule has 72 valence electrons. The van der Waals surface area contributed by atoms with Crippen molar-refractivity contribution in [3.05, 3.63) is 29.8 Å². The fourth-order valence-electron chi connectivity index (χ4n) is 0.982. The first kappa shape index (κ1) is 10.5. The molecule has 0 heterocycles. The van der Waals surface area contributed by atoms with E-state index >= 15 is 0 Å². The number of hydrogen-bond acceptors (Lipinski definition) is 3. The molecule has 0 aliphatic heterocycles. The van der Waals surface area contributed by atoms with Crippen LogP contribution in [0, 0.1) is 0 Å². The molecule has 1 aromatic rings. The summed E-state index contributed by atoms with van der Waals surface area (Å²) in [6.45, 7) is -0.00815. The van der Waals surface area contributed by atoms with Gasteiger partial charge in [0.25, 0.3) is 9.05 Å². The summed E-state index contributed by atoms with van der Waals surface area (Å²) in [4.78, 5) is 0.0696. The molecule has 0 saturated heterocycles. The number of benzene rings is 1. The van der Waals surface area contributed by atoms with Crippen molar-refractivity contribution in [3.63, 3.8) is 0 Å².